The largest absolute Gasteiger partial charge is 0.480 e. The SMILES string of the molecule is CC(C)C(C(=O)O)N1CCC(NC(=O)OCc2ccccc2)C1=O. The molecule has 2 amide bonds. The van der Waals surface area contributed by atoms with Gasteiger partial charge in [0.1, 0.15) is 18.7 Å². The third-order valence-corrected chi connectivity index (χ3v) is 3.96. The van der Waals surface area contributed by atoms with Gasteiger partial charge in [0.05, 0.1) is 0 Å². The standard InChI is InChI=1S/C17H22N2O5/c1-11(2)14(16(21)22)19-9-8-13(15(19)20)18-17(23)24-10-12-6-4-3-5-7-12/h3-7,11,13-14H,8-10H2,1-2H3,(H,18,23)(H,21,22). The van der Waals surface area contributed by atoms with Gasteiger partial charge in [0.2, 0.25) is 5.91 Å². The van der Waals surface area contributed by atoms with Gasteiger partial charge in [-0.2, -0.15) is 0 Å². The van der Waals surface area contributed by atoms with Crippen LogP contribution in [0.5, 0.6) is 0 Å². The van der Waals surface area contributed by atoms with E-state index in [1.54, 1.807) is 13.8 Å². The van der Waals surface area contributed by atoms with Crippen molar-refractivity contribution in [2.45, 2.75) is 39.0 Å². The van der Waals surface area contributed by atoms with Crippen molar-refractivity contribution in [3.05, 3.63) is 35.9 Å². The number of carbonyl (C=O) groups is 3. The molecular weight excluding hydrogens is 312 g/mol. The van der Waals surface area contributed by atoms with Crippen LogP contribution in [0.25, 0.3) is 0 Å². The Kier molecular flexibility index (Phi) is 5.78. The minimum absolute atomic E-state index is 0.112. The number of hydrogen-bond donors (Lipinski definition) is 2. The van der Waals surface area contributed by atoms with E-state index in [1.807, 2.05) is 30.3 Å². The molecule has 7 nitrogen and oxygen atoms in total. The zero-order valence-electron chi connectivity index (χ0n) is 13.8. The molecule has 1 aliphatic rings. The molecule has 2 atom stereocenters. The Bertz CT molecular complexity index is 602. The van der Waals surface area contributed by atoms with Crippen LogP contribution in [0.4, 0.5) is 4.79 Å². The molecule has 1 saturated heterocycles. The maximum atomic E-state index is 12.4. The molecule has 0 spiro atoms. The number of nitrogens with zero attached hydrogens (tertiary/aromatic N) is 1. The number of hydrogen-bond acceptors (Lipinski definition) is 4. The Balaban J connectivity index is 1.88. The summed E-state index contributed by atoms with van der Waals surface area (Å²) in [5, 5.41) is 11.8. The molecule has 130 valence electrons. The number of carbonyl (C=O) groups excluding carboxylic acids is 2. The first-order chi connectivity index (χ1) is 11.4. The Labute approximate surface area is 140 Å². The van der Waals surface area contributed by atoms with Crippen LogP contribution >= 0.6 is 0 Å². The lowest BCUT2D eigenvalue weighted by atomic mass is 10.0. The number of benzene rings is 1. The molecule has 0 bridgehead atoms. The van der Waals surface area contributed by atoms with E-state index >= 15 is 0 Å². The Morgan fingerprint density at radius 3 is 2.58 bits per heavy atom. The lowest BCUT2D eigenvalue weighted by Gasteiger charge is -2.27. The first-order valence-electron chi connectivity index (χ1n) is 7.90. The summed E-state index contributed by atoms with van der Waals surface area (Å²) >= 11 is 0. The summed E-state index contributed by atoms with van der Waals surface area (Å²) in [7, 11) is 0. The number of carboxylic acids is 1. The topological polar surface area (TPSA) is 95.9 Å². The van der Waals surface area contributed by atoms with Gasteiger partial charge in [0.15, 0.2) is 0 Å². The number of likely N-dealkylation sites (tertiary alicyclic amines) is 1. The third kappa shape index (κ3) is 4.24. The average molecular weight is 334 g/mol. The van der Waals surface area contributed by atoms with Crippen LogP contribution in [0.3, 0.4) is 0 Å². The van der Waals surface area contributed by atoms with E-state index in [0.717, 1.165) is 5.56 Å². The van der Waals surface area contributed by atoms with Gasteiger partial charge >= 0.3 is 12.1 Å². The Morgan fingerprint density at radius 2 is 2.00 bits per heavy atom. The van der Waals surface area contributed by atoms with Crippen molar-refractivity contribution in [3.8, 4) is 0 Å². The number of nitrogens with one attached hydrogen (secondary N) is 1. The van der Waals surface area contributed by atoms with Crippen molar-refractivity contribution < 1.29 is 24.2 Å². The van der Waals surface area contributed by atoms with Gasteiger partial charge in [0, 0.05) is 6.54 Å². The highest BCUT2D eigenvalue weighted by atomic mass is 16.5. The molecule has 2 N–H and O–H groups in total. The number of aliphatic carboxylic acids is 1. The van der Waals surface area contributed by atoms with Crippen molar-refractivity contribution in [1.29, 1.82) is 0 Å². The fourth-order valence-corrected chi connectivity index (χ4v) is 2.80. The molecule has 1 aromatic carbocycles. The molecule has 7 heteroatoms. The summed E-state index contributed by atoms with van der Waals surface area (Å²) in [6, 6.07) is 7.58. The van der Waals surface area contributed by atoms with Crippen LogP contribution in [-0.4, -0.2) is 46.6 Å². The predicted octanol–water partition coefficient (Wildman–Crippen LogP) is 1.62. The molecule has 0 aliphatic carbocycles. The van der Waals surface area contributed by atoms with Gasteiger partial charge in [-0.05, 0) is 17.9 Å². The smallest absolute Gasteiger partial charge is 0.408 e. The second-order valence-corrected chi connectivity index (χ2v) is 6.11. The maximum Gasteiger partial charge on any atom is 0.408 e. The van der Waals surface area contributed by atoms with Gasteiger partial charge < -0.3 is 20.1 Å². The quantitative estimate of drug-likeness (QED) is 0.824. The first-order valence-corrected chi connectivity index (χ1v) is 7.90. The third-order valence-electron chi connectivity index (χ3n) is 3.96. The van der Waals surface area contributed by atoms with E-state index in [4.69, 9.17) is 4.74 Å². The van der Waals surface area contributed by atoms with Crippen molar-refractivity contribution in [3.63, 3.8) is 0 Å². The summed E-state index contributed by atoms with van der Waals surface area (Å²) in [5.41, 5.74) is 0.845. The van der Waals surface area contributed by atoms with Crippen LogP contribution in [-0.2, 0) is 20.9 Å². The second-order valence-electron chi connectivity index (χ2n) is 6.11. The molecule has 0 radical (unpaired) electrons. The van der Waals surface area contributed by atoms with E-state index < -0.39 is 24.1 Å². The van der Waals surface area contributed by atoms with Gasteiger partial charge in [0.25, 0.3) is 0 Å². The highest BCUT2D eigenvalue weighted by Crippen LogP contribution is 2.20. The van der Waals surface area contributed by atoms with Crippen LogP contribution in [0.2, 0.25) is 0 Å². The minimum atomic E-state index is -1.04. The van der Waals surface area contributed by atoms with E-state index in [1.165, 1.54) is 4.90 Å². The molecule has 2 rings (SSSR count). The monoisotopic (exact) mass is 334 g/mol. The number of carboxylic acid groups (broad SMARTS) is 1. The van der Waals surface area contributed by atoms with Gasteiger partial charge in [-0.15, -0.1) is 0 Å². The molecule has 0 aromatic heterocycles. The fraction of sp³-hybridized carbons (Fsp3) is 0.471. The summed E-state index contributed by atoms with van der Waals surface area (Å²) in [4.78, 5) is 36.9. The van der Waals surface area contributed by atoms with Gasteiger partial charge in [-0.3, -0.25) is 4.79 Å². The Hall–Kier alpha value is -2.57. The minimum Gasteiger partial charge on any atom is -0.480 e. The van der Waals surface area contributed by atoms with Crippen molar-refractivity contribution in [2.75, 3.05) is 6.54 Å². The number of amides is 2. The summed E-state index contributed by atoms with van der Waals surface area (Å²) < 4.78 is 5.09. The van der Waals surface area contributed by atoms with Crippen molar-refractivity contribution >= 4 is 18.0 Å². The normalized spacial score (nSPS) is 18.5. The summed E-state index contributed by atoms with van der Waals surface area (Å²) in [5.74, 6) is -1.63. The lowest BCUT2D eigenvalue weighted by Crippen LogP contribution is -2.49. The molecule has 1 heterocycles. The van der Waals surface area contributed by atoms with Crippen LogP contribution < -0.4 is 5.32 Å². The number of alkyl carbamates (subject to hydrolysis) is 1. The average Bonchev–Trinajstić information content (AvgIpc) is 2.87. The molecule has 1 aromatic rings. The zero-order valence-corrected chi connectivity index (χ0v) is 13.8. The zero-order chi connectivity index (χ0) is 17.7. The highest BCUT2D eigenvalue weighted by Gasteiger charge is 2.41. The summed E-state index contributed by atoms with van der Waals surface area (Å²) in [6.07, 6.45) is -0.314. The Morgan fingerprint density at radius 1 is 1.33 bits per heavy atom. The summed E-state index contributed by atoms with van der Waals surface area (Å²) in [6.45, 7) is 3.92. The predicted molar refractivity (Wildman–Crippen MR) is 86.1 cm³/mol. The highest BCUT2D eigenvalue weighted by molar-refractivity contribution is 5.91. The van der Waals surface area contributed by atoms with E-state index in [-0.39, 0.29) is 18.4 Å². The molecule has 1 fully saturated rings. The maximum absolute atomic E-state index is 12.4. The fourth-order valence-electron chi connectivity index (χ4n) is 2.80. The van der Waals surface area contributed by atoms with Crippen molar-refractivity contribution in [1.82, 2.24) is 10.2 Å². The van der Waals surface area contributed by atoms with Crippen LogP contribution in [0, 0.1) is 5.92 Å². The first kappa shape index (κ1) is 17.8. The molecule has 2 unspecified atom stereocenters. The lowest BCUT2D eigenvalue weighted by molar-refractivity contribution is -0.150. The molecule has 1 aliphatic heterocycles. The number of rotatable bonds is 6. The van der Waals surface area contributed by atoms with E-state index in [9.17, 15) is 19.5 Å². The van der Waals surface area contributed by atoms with Crippen LogP contribution in [0.1, 0.15) is 25.8 Å². The van der Waals surface area contributed by atoms with Crippen molar-refractivity contribution in [2.24, 2.45) is 5.92 Å². The molecule has 0 saturated carbocycles. The van der Waals surface area contributed by atoms with Gasteiger partial charge in [-0.1, -0.05) is 44.2 Å². The molecular formula is C17H22N2O5. The van der Waals surface area contributed by atoms with Gasteiger partial charge in [-0.25, -0.2) is 9.59 Å². The molecule has 24 heavy (non-hydrogen) atoms. The van der Waals surface area contributed by atoms with Crippen LogP contribution in [0.15, 0.2) is 30.3 Å². The van der Waals surface area contributed by atoms with E-state index in [0.29, 0.717) is 13.0 Å². The van der Waals surface area contributed by atoms with E-state index in [2.05, 4.69) is 5.32 Å². The second kappa shape index (κ2) is 7.81. The number of ether oxygens (including phenoxy) is 1.